The van der Waals surface area contributed by atoms with Crippen LogP contribution >= 0.6 is 27.3 Å². The first-order valence-corrected chi connectivity index (χ1v) is 6.31. The predicted octanol–water partition coefficient (Wildman–Crippen LogP) is 3.15. The van der Waals surface area contributed by atoms with Crippen molar-refractivity contribution in [3.63, 3.8) is 0 Å². The molecule has 2 aromatic rings. The van der Waals surface area contributed by atoms with Crippen LogP contribution in [0.25, 0.3) is 0 Å². The van der Waals surface area contributed by atoms with Crippen molar-refractivity contribution in [2.45, 2.75) is 12.5 Å². The number of thiophene rings is 1. The van der Waals surface area contributed by atoms with Crippen LogP contribution in [0.15, 0.2) is 40.4 Å². The smallest absolute Gasteiger partial charge is 0.0410 e. The Bertz CT molecular complexity index is 428. The van der Waals surface area contributed by atoms with Gasteiger partial charge < -0.3 is 5.73 Å². The highest BCUT2D eigenvalue weighted by Gasteiger charge is 2.08. The molecule has 0 aliphatic heterocycles. The zero-order valence-electron chi connectivity index (χ0n) is 8.06. The molecule has 0 aromatic carbocycles. The third-order valence-corrected chi connectivity index (χ3v) is 3.49. The van der Waals surface area contributed by atoms with Crippen molar-refractivity contribution in [3.05, 3.63) is 50.9 Å². The first-order valence-electron chi connectivity index (χ1n) is 4.64. The van der Waals surface area contributed by atoms with E-state index in [-0.39, 0.29) is 6.04 Å². The molecule has 0 radical (unpaired) electrons. The summed E-state index contributed by atoms with van der Waals surface area (Å²) in [5.74, 6) is 0. The van der Waals surface area contributed by atoms with Gasteiger partial charge in [0, 0.05) is 34.2 Å². The van der Waals surface area contributed by atoms with E-state index in [1.165, 1.54) is 4.88 Å². The number of hydrogen-bond donors (Lipinski definition) is 1. The molecule has 2 N–H and O–H groups in total. The molecule has 0 aliphatic rings. The molecule has 1 atom stereocenters. The second-order valence-electron chi connectivity index (χ2n) is 3.33. The van der Waals surface area contributed by atoms with Crippen molar-refractivity contribution in [2.24, 2.45) is 5.73 Å². The summed E-state index contributed by atoms with van der Waals surface area (Å²) in [6.45, 7) is 0. The predicted molar refractivity (Wildman–Crippen MR) is 66.9 cm³/mol. The fourth-order valence-electron chi connectivity index (χ4n) is 1.39. The van der Waals surface area contributed by atoms with Crippen LogP contribution in [0.4, 0.5) is 0 Å². The second-order valence-corrected chi connectivity index (χ2v) is 5.27. The minimum Gasteiger partial charge on any atom is -0.324 e. The number of hydrogen-bond acceptors (Lipinski definition) is 3. The lowest BCUT2D eigenvalue weighted by Crippen LogP contribution is -2.12. The highest BCUT2D eigenvalue weighted by Crippen LogP contribution is 2.20. The normalized spacial score (nSPS) is 12.7. The molecule has 1 unspecified atom stereocenters. The summed E-state index contributed by atoms with van der Waals surface area (Å²) < 4.78 is 0.974. The number of nitrogens with two attached hydrogens (primary N) is 1. The van der Waals surface area contributed by atoms with Crippen LogP contribution in [-0.4, -0.2) is 4.98 Å². The quantitative estimate of drug-likeness (QED) is 0.939. The van der Waals surface area contributed by atoms with Crippen LogP contribution in [0.2, 0.25) is 0 Å². The number of nitrogens with zero attached hydrogens (tertiary/aromatic N) is 1. The van der Waals surface area contributed by atoms with Crippen molar-refractivity contribution in [2.75, 3.05) is 0 Å². The molecule has 15 heavy (non-hydrogen) atoms. The van der Waals surface area contributed by atoms with Crippen molar-refractivity contribution >= 4 is 27.3 Å². The Kier molecular flexibility index (Phi) is 3.51. The van der Waals surface area contributed by atoms with E-state index in [4.69, 9.17) is 5.73 Å². The molecule has 2 aromatic heterocycles. The average molecular weight is 283 g/mol. The Morgan fingerprint density at radius 2 is 2.33 bits per heavy atom. The highest BCUT2D eigenvalue weighted by molar-refractivity contribution is 9.10. The van der Waals surface area contributed by atoms with E-state index in [0.29, 0.717) is 0 Å². The van der Waals surface area contributed by atoms with Gasteiger partial charge in [0.15, 0.2) is 0 Å². The van der Waals surface area contributed by atoms with E-state index >= 15 is 0 Å². The maximum Gasteiger partial charge on any atom is 0.0410 e. The molecule has 0 fully saturated rings. The third kappa shape index (κ3) is 2.87. The van der Waals surface area contributed by atoms with E-state index in [0.717, 1.165) is 16.5 Å². The Morgan fingerprint density at radius 3 is 3.00 bits per heavy atom. The van der Waals surface area contributed by atoms with Gasteiger partial charge in [-0.05, 0) is 39.0 Å². The lowest BCUT2D eigenvalue weighted by Gasteiger charge is -2.10. The molecule has 0 saturated carbocycles. The van der Waals surface area contributed by atoms with Gasteiger partial charge in [-0.1, -0.05) is 6.07 Å². The first-order chi connectivity index (χ1) is 7.25. The molecule has 2 nitrogen and oxygen atoms in total. The molecule has 0 amide bonds. The van der Waals surface area contributed by atoms with Crippen LogP contribution in [0.1, 0.15) is 16.5 Å². The lowest BCUT2D eigenvalue weighted by atomic mass is 10.1. The van der Waals surface area contributed by atoms with Crippen LogP contribution in [0, 0.1) is 0 Å². The van der Waals surface area contributed by atoms with Crippen LogP contribution in [0.3, 0.4) is 0 Å². The van der Waals surface area contributed by atoms with Gasteiger partial charge in [0.25, 0.3) is 0 Å². The van der Waals surface area contributed by atoms with E-state index in [1.54, 1.807) is 17.5 Å². The average Bonchev–Trinajstić information content (AvgIpc) is 2.70. The first kappa shape index (κ1) is 10.8. The van der Waals surface area contributed by atoms with Crippen molar-refractivity contribution < 1.29 is 0 Å². The van der Waals surface area contributed by atoms with Gasteiger partial charge in [-0.25, -0.2) is 0 Å². The summed E-state index contributed by atoms with van der Waals surface area (Å²) in [5.41, 5.74) is 7.17. The maximum absolute atomic E-state index is 6.10. The molecule has 2 rings (SSSR count). The molecule has 0 spiro atoms. The van der Waals surface area contributed by atoms with Crippen molar-refractivity contribution in [1.82, 2.24) is 4.98 Å². The van der Waals surface area contributed by atoms with Gasteiger partial charge in [-0.2, -0.15) is 0 Å². The monoisotopic (exact) mass is 282 g/mol. The summed E-state index contributed by atoms with van der Waals surface area (Å²) >= 11 is 5.13. The third-order valence-electron chi connectivity index (χ3n) is 2.16. The Morgan fingerprint density at radius 1 is 1.47 bits per heavy atom. The molecule has 0 aliphatic carbocycles. The summed E-state index contributed by atoms with van der Waals surface area (Å²) in [5, 5.41) is 2.07. The summed E-state index contributed by atoms with van der Waals surface area (Å²) in [6, 6.07) is 6.20. The van der Waals surface area contributed by atoms with E-state index in [9.17, 15) is 0 Å². The Hall–Kier alpha value is -0.710. The lowest BCUT2D eigenvalue weighted by molar-refractivity contribution is 0.725. The summed E-state index contributed by atoms with van der Waals surface area (Å²) in [6.07, 6.45) is 4.46. The highest BCUT2D eigenvalue weighted by atomic mass is 79.9. The van der Waals surface area contributed by atoms with Gasteiger partial charge in [0.2, 0.25) is 0 Å². The Balaban J connectivity index is 2.11. The number of aromatic nitrogens is 1. The van der Waals surface area contributed by atoms with Gasteiger partial charge in [0.1, 0.15) is 0 Å². The molecule has 78 valence electrons. The molecule has 0 bridgehead atoms. The number of halogens is 1. The topological polar surface area (TPSA) is 38.9 Å². The van der Waals surface area contributed by atoms with Gasteiger partial charge in [-0.15, -0.1) is 11.3 Å². The van der Waals surface area contributed by atoms with E-state index < -0.39 is 0 Å². The van der Waals surface area contributed by atoms with Crippen molar-refractivity contribution in [3.8, 4) is 0 Å². The van der Waals surface area contributed by atoms with Crippen molar-refractivity contribution in [1.29, 1.82) is 0 Å². The zero-order valence-corrected chi connectivity index (χ0v) is 10.5. The van der Waals surface area contributed by atoms with Gasteiger partial charge >= 0.3 is 0 Å². The SMILES string of the molecule is NC(Cc1cccs1)c1cncc(Br)c1. The molecule has 0 saturated heterocycles. The molecular formula is C11H11BrN2S. The zero-order chi connectivity index (χ0) is 10.7. The molecular weight excluding hydrogens is 272 g/mol. The minimum atomic E-state index is 0.0219. The minimum absolute atomic E-state index is 0.0219. The van der Waals surface area contributed by atoms with Gasteiger partial charge in [0.05, 0.1) is 0 Å². The largest absolute Gasteiger partial charge is 0.324 e. The second kappa shape index (κ2) is 4.88. The summed E-state index contributed by atoms with van der Waals surface area (Å²) in [4.78, 5) is 5.42. The number of pyridine rings is 1. The maximum atomic E-state index is 6.10. The fourth-order valence-corrected chi connectivity index (χ4v) is 2.54. The standard InChI is InChI=1S/C11H11BrN2S/c12-9-4-8(6-14-7-9)11(13)5-10-2-1-3-15-10/h1-4,6-7,11H,5,13H2. The Labute approximate surface area is 101 Å². The van der Waals surface area contributed by atoms with Crippen LogP contribution in [-0.2, 0) is 6.42 Å². The van der Waals surface area contributed by atoms with Gasteiger partial charge in [-0.3, -0.25) is 4.98 Å². The fraction of sp³-hybridized carbons (Fsp3) is 0.182. The van der Waals surface area contributed by atoms with Crippen LogP contribution in [0.5, 0.6) is 0 Å². The van der Waals surface area contributed by atoms with E-state index in [2.05, 4.69) is 32.4 Å². The molecule has 2 heterocycles. The molecule has 4 heteroatoms. The summed E-state index contributed by atoms with van der Waals surface area (Å²) in [7, 11) is 0. The number of rotatable bonds is 3. The van der Waals surface area contributed by atoms with E-state index in [1.807, 2.05) is 18.3 Å². The van der Waals surface area contributed by atoms with Crippen LogP contribution < -0.4 is 5.73 Å².